The zero-order valence-electron chi connectivity index (χ0n) is 13.2. The van der Waals surface area contributed by atoms with Gasteiger partial charge >= 0.3 is 0 Å². The van der Waals surface area contributed by atoms with Crippen LogP contribution in [0.3, 0.4) is 0 Å². The number of rotatable bonds is 1. The molecule has 0 aliphatic carbocycles. The summed E-state index contributed by atoms with van der Waals surface area (Å²) in [5.74, 6) is 1.31. The van der Waals surface area contributed by atoms with Crippen molar-refractivity contribution >= 4 is 5.82 Å². The van der Waals surface area contributed by atoms with Gasteiger partial charge in [0.25, 0.3) is 0 Å². The lowest BCUT2D eigenvalue weighted by atomic mass is 9.94. The minimum absolute atomic E-state index is 0.114. The average molecular weight is 269 g/mol. The molecular weight excluding hydrogens is 246 g/mol. The first-order valence-electron chi connectivity index (χ1n) is 6.92. The molecule has 1 aromatic heterocycles. The summed E-state index contributed by atoms with van der Waals surface area (Å²) in [4.78, 5) is 9.11. The minimum Gasteiger partial charge on any atom is -0.384 e. The van der Waals surface area contributed by atoms with Crippen molar-refractivity contribution in [1.82, 2.24) is 9.97 Å². The van der Waals surface area contributed by atoms with Gasteiger partial charge in [0.15, 0.2) is 0 Å². The molecule has 2 aromatic rings. The van der Waals surface area contributed by atoms with Crippen molar-refractivity contribution < 1.29 is 0 Å². The molecule has 20 heavy (non-hydrogen) atoms. The minimum atomic E-state index is -0.114. The lowest BCUT2D eigenvalue weighted by Gasteiger charge is -2.19. The summed E-state index contributed by atoms with van der Waals surface area (Å²) in [6.45, 7) is 12.6. The van der Waals surface area contributed by atoms with Gasteiger partial charge in [-0.1, -0.05) is 38.5 Å². The topological polar surface area (TPSA) is 51.8 Å². The van der Waals surface area contributed by atoms with Crippen molar-refractivity contribution in [1.29, 1.82) is 0 Å². The van der Waals surface area contributed by atoms with E-state index >= 15 is 0 Å². The molecule has 0 amide bonds. The Hall–Kier alpha value is -1.90. The van der Waals surface area contributed by atoms with Crippen molar-refractivity contribution in [2.75, 3.05) is 5.73 Å². The second kappa shape index (κ2) is 4.89. The number of hydrogen-bond acceptors (Lipinski definition) is 3. The van der Waals surface area contributed by atoms with Crippen LogP contribution >= 0.6 is 0 Å². The lowest BCUT2D eigenvalue weighted by Crippen LogP contribution is -2.17. The van der Waals surface area contributed by atoms with Crippen LogP contribution in [0.1, 0.15) is 43.3 Å². The fourth-order valence-corrected chi connectivity index (χ4v) is 2.51. The number of anilines is 1. The summed E-state index contributed by atoms with van der Waals surface area (Å²) < 4.78 is 0. The molecule has 3 heteroatoms. The van der Waals surface area contributed by atoms with Gasteiger partial charge in [-0.15, -0.1) is 0 Å². The molecule has 0 radical (unpaired) electrons. The van der Waals surface area contributed by atoms with E-state index in [9.17, 15) is 0 Å². The van der Waals surface area contributed by atoms with E-state index in [1.165, 1.54) is 16.7 Å². The molecule has 0 atom stereocenters. The number of nitrogens with two attached hydrogens (primary N) is 1. The van der Waals surface area contributed by atoms with E-state index in [1.54, 1.807) is 0 Å². The molecule has 0 bridgehead atoms. The fraction of sp³-hybridized carbons (Fsp3) is 0.412. The van der Waals surface area contributed by atoms with Gasteiger partial charge < -0.3 is 5.73 Å². The Morgan fingerprint density at radius 2 is 1.45 bits per heavy atom. The standard InChI is InChI=1S/C17H23N3/c1-10-7-11(2)15(12(3)8-10)13-9-14(18)20-16(19-13)17(4,5)6/h7-9H,1-6H3,(H2,18,19,20). The van der Waals surface area contributed by atoms with Gasteiger partial charge in [0, 0.05) is 17.0 Å². The second-order valence-electron chi connectivity index (χ2n) is 6.53. The Morgan fingerprint density at radius 3 is 1.95 bits per heavy atom. The Balaban J connectivity index is 2.68. The van der Waals surface area contributed by atoms with E-state index in [0.717, 1.165) is 17.1 Å². The van der Waals surface area contributed by atoms with Crippen LogP contribution in [0.2, 0.25) is 0 Å². The highest BCUT2D eigenvalue weighted by Crippen LogP contribution is 2.29. The summed E-state index contributed by atoms with van der Waals surface area (Å²) >= 11 is 0. The molecule has 2 rings (SSSR count). The van der Waals surface area contributed by atoms with Gasteiger partial charge in [0.05, 0.1) is 5.69 Å². The van der Waals surface area contributed by atoms with Crippen LogP contribution < -0.4 is 5.73 Å². The van der Waals surface area contributed by atoms with Crippen LogP contribution in [-0.4, -0.2) is 9.97 Å². The van der Waals surface area contributed by atoms with E-state index in [4.69, 9.17) is 10.7 Å². The molecule has 0 unspecified atom stereocenters. The lowest BCUT2D eigenvalue weighted by molar-refractivity contribution is 0.547. The Bertz CT molecular complexity index is 629. The summed E-state index contributed by atoms with van der Waals surface area (Å²) in [5, 5.41) is 0. The molecule has 0 saturated carbocycles. The molecule has 0 aliphatic heterocycles. The summed E-state index contributed by atoms with van der Waals surface area (Å²) in [5.41, 5.74) is 11.6. The molecule has 1 aromatic carbocycles. The third kappa shape index (κ3) is 2.82. The number of benzene rings is 1. The van der Waals surface area contributed by atoms with Crippen molar-refractivity contribution in [2.45, 2.75) is 47.0 Å². The van der Waals surface area contributed by atoms with E-state index in [1.807, 2.05) is 6.07 Å². The zero-order valence-corrected chi connectivity index (χ0v) is 13.2. The quantitative estimate of drug-likeness (QED) is 0.852. The Morgan fingerprint density at radius 1 is 0.900 bits per heavy atom. The van der Waals surface area contributed by atoms with Gasteiger partial charge in [-0.2, -0.15) is 0 Å². The number of aromatic nitrogens is 2. The van der Waals surface area contributed by atoms with Crippen LogP contribution in [0, 0.1) is 20.8 Å². The fourth-order valence-electron chi connectivity index (χ4n) is 2.51. The molecule has 0 aliphatic rings. The van der Waals surface area contributed by atoms with E-state index in [-0.39, 0.29) is 5.41 Å². The maximum Gasteiger partial charge on any atom is 0.136 e. The highest BCUT2D eigenvalue weighted by Gasteiger charge is 2.20. The normalized spacial score (nSPS) is 11.7. The number of hydrogen-bond donors (Lipinski definition) is 1. The van der Waals surface area contributed by atoms with Crippen molar-refractivity contribution in [3.63, 3.8) is 0 Å². The van der Waals surface area contributed by atoms with Crippen molar-refractivity contribution in [3.8, 4) is 11.3 Å². The number of nitrogen functional groups attached to an aromatic ring is 1. The predicted octanol–water partition coefficient (Wildman–Crippen LogP) is 3.95. The van der Waals surface area contributed by atoms with Gasteiger partial charge in [-0.05, 0) is 31.9 Å². The predicted molar refractivity (Wildman–Crippen MR) is 84.8 cm³/mol. The monoisotopic (exact) mass is 269 g/mol. The molecule has 3 nitrogen and oxygen atoms in total. The summed E-state index contributed by atoms with van der Waals surface area (Å²) in [7, 11) is 0. The van der Waals surface area contributed by atoms with E-state index in [0.29, 0.717) is 5.82 Å². The van der Waals surface area contributed by atoms with Crippen LogP contribution in [0.15, 0.2) is 18.2 Å². The van der Waals surface area contributed by atoms with Gasteiger partial charge in [0.1, 0.15) is 11.6 Å². The maximum atomic E-state index is 5.97. The van der Waals surface area contributed by atoms with Gasteiger partial charge in [-0.25, -0.2) is 9.97 Å². The zero-order chi connectivity index (χ0) is 15.1. The van der Waals surface area contributed by atoms with Crippen LogP contribution in [0.5, 0.6) is 0 Å². The van der Waals surface area contributed by atoms with E-state index < -0.39 is 0 Å². The Kier molecular flexibility index (Phi) is 3.55. The third-order valence-electron chi connectivity index (χ3n) is 3.35. The first kappa shape index (κ1) is 14.5. The molecule has 0 fully saturated rings. The smallest absolute Gasteiger partial charge is 0.136 e. The van der Waals surface area contributed by atoms with Gasteiger partial charge in [-0.3, -0.25) is 0 Å². The first-order valence-corrected chi connectivity index (χ1v) is 6.92. The first-order chi connectivity index (χ1) is 9.18. The van der Waals surface area contributed by atoms with E-state index in [2.05, 4.69) is 58.7 Å². The highest BCUT2D eigenvalue weighted by molar-refractivity contribution is 5.69. The Labute approximate surface area is 121 Å². The van der Waals surface area contributed by atoms with Crippen molar-refractivity contribution in [2.24, 2.45) is 0 Å². The SMILES string of the molecule is Cc1cc(C)c(-c2cc(N)nc(C(C)(C)C)n2)c(C)c1. The molecule has 2 N–H and O–H groups in total. The van der Waals surface area contributed by atoms with Crippen molar-refractivity contribution in [3.05, 3.63) is 40.7 Å². The highest BCUT2D eigenvalue weighted by atomic mass is 15.0. The summed E-state index contributed by atoms with van der Waals surface area (Å²) in [6.07, 6.45) is 0. The molecule has 0 spiro atoms. The second-order valence-corrected chi connectivity index (χ2v) is 6.53. The van der Waals surface area contributed by atoms with Gasteiger partial charge in [0.2, 0.25) is 0 Å². The molecule has 0 saturated heterocycles. The number of nitrogens with zero attached hydrogens (tertiary/aromatic N) is 2. The summed E-state index contributed by atoms with van der Waals surface area (Å²) in [6, 6.07) is 6.22. The largest absolute Gasteiger partial charge is 0.384 e. The molecular formula is C17H23N3. The average Bonchev–Trinajstić information content (AvgIpc) is 2.25. The third-order valence-corrected chi connectivity index (χ3v) is 3.35. The van der Waals surface area contributed by atoms with Crippen LogP contribution in [0.25, 0.3) is 11.3 Å². The van der Waals surface area contributed by atoms with Crippen LogP contribution in [0.4, 0.5) is 5.82 Å². The molecule has 106 valence electrons. The molecule has 1 heterocycles. The van der Waals surface area contributed by atoms with Crippen LogP contribution in [-0.2, 0) is 5.41 Å². The maximum absolute atomic E-state index is 5.97. The number of aryl methyl sites for hydroxylation is 3.